The maximum absolute atomic E-state index is 10.2. The highest BCUT2D eigenvalue weighted by Gasteiger charge is 2.41. The van der Waals surface area contributed by atoms with Crippen molar-refractivity contribution in [3.8, 4) is 0 Å². The van der Waals surface area contributed by atoms with Gasteiger partial charge in [-0.25, -0.2) is 0 Å². The van der Waals surface area contributed by atoms with Crippen LogP contribution in [-0.4, -0.2) is 40.2 Å². The molecular formula is C26H28O4. The molecule has 0 radical (unpaired) electrons. The van der Waals surface area contributed by atoms with Gasteiger partial charge in [0.25, 0.3) is 0 Å². The predicted molar refractivity (Wildman–Crippen MR) is 116 cm³/mol. The zero-order valence-corrected chi connectivity index (χ0v) is 16.8. The van der Waals surface area contributed by atoms with Gasteiger partial charge in [-0.1, -0.05) is 91.0 Å². The van der Waals surface area contributed by atoms with E-state index in [9.17, 15) is 15.3 Å². The minimum atomic E-state index is -1.09. The minimum absolute atomic E-state index is 0.199. The van der Waals surface area contributed by atoms with Crippen LogP contribution in [0.25, 0.3) is 0 Å². The highest BCUT2D eigenvalue weighted by atomic mass is 16.5. The number of ether oxygens (including phenoxy) is 1. The Balaban J connectivity index is 1.70. The zero-order valence-electron chi connectivity index (χ0n) is 16.8. The van der Waals surface area contributed by atoms with Crippen LogP contribution in [0, 0.1) is 5.92 Å². The smallest absolute Gasteiger partial charge is 0.143 e. The van der Waals surface area contributed by atoms with Gasteiger partial charge < -0.3 is 20.1 Å². The fourth-order valence-electron chi connectivity index (χ4n) is 4.52. The van der Waals surface area contributed by atoms with Crippen LogP contribution in [0.2, 0.25) is 0 Å². The van der Waals surface area contributed by atoms with Gasteiger partial charge >= 0.3 is 0 Å². The van der Waals surface area contributed by atoms with Crippen molar-refractivity contribution >= 4 is 0 Å². The van der Waals surface area contributed by atoms with Crippen molar-refractivity contribution in [2.75, 3.05) is 6.61 Å². The third-order valence-electron chi connectivity index (χ3n) is 6.12. The molecule has 1 aliphatic carbocycles. The van der Waals surface area contributed by atoms with E-state index in [0.29, 0.717) is 19.4 Å². The summed E-state index contributed by atoms with van der Waals surface area (Å²) in [6.07, 6.45) is -1.98. The largest absolute Gasteiger partial charge is 0.390 e. The van der Waals surface area contributed by atoms with Crippen molar-refractivity contribution in [3.05, 3.63) is 108 Å². The summed E-state index contributed by atoms with van der Waals surface area (Å²) in [5.74, 6) is -0.199. The molecule has 0 heterocycles. The first-order valence-electron chi connectivity index (χ1n) is 10.5. The Kier molecular flexibility index (Phi) is 6.30. The summed E-state index contributed by atoms with van der Waals surface area (Å²) in [7, 11) is 0. The van der Waals surface area contributed by atoms with Crippen LogP contribution in [0.15, 0.2) is 91.0 Å². The first-order chi connectivity index (χ1) is 14.6. The lowest BCUT2D eigenvalue weighted by molar-refractivity contribution is -0.0348. The summed E-state index contributed by atoms with van der Waals surface area (Å²) in [6.45, 7) is 0.375. The van der Waals surface area contributed by atoms with Gasteiger partial charge in [-0.15, -0.1) is 0 Å². The molecule has 0 spiro atoms. The van der Waals surface area contributed by atoms with E-state index in [-0.39, 0.29) is 5.92 Å². The highest BCUT2D eigenvalue weighted by molar-refractivity contribution is 5.47. The standard InChI is InChI=1S/C26H28O4/c27-23-18-19(24(28)25(23)29)16-17-30-26(20-10-4-1-5-11-20,21-12-6-2-7-13-21)22-14-8-3-9-15-22/h1-15,19,23-25,27-29H,16-18H2/t19-,23+,24+,25+/m0/s1. The highest BCUT2D eigenvalue weighted by Crippen LogP contribution is 2.41. The lowest BCUT2D eigenvalue weighted by Crippen LogP contribution is -2.34. The van der Waals surface area contributed by atoms with E-state index >= 15 is 0 Å². The second-order valence-corrected chi connectivity index (χ2v) is 7.96. The van der Waals surface area contributed by atoms with Crippen molar-refractivity contribution in [1.29, 1.82) is 0 Å². The molecule has 3 N–H and O–H groups in total. The van der Waals surface area contributed by atoms with Gasteiger partial charge in [-0.2, -0.15) is 0 Å². The normalized spacial score (nSPS) is 24.1. The maximum Gasteiger partial charge on any atom is 0.143 e. The molecule has 4 nitrogen and oxygen atoms in total. The second-order valence-electron chi connectivity index (χ2n) is 7.96. The number of hydrogen-bond acceptors (Lipinski definition) is 4. The third kappa shape index (κ3) is 3.92. The Morgan fingerprint density at radius 1 is 0.667 bits per heavy atom. The fraction of sp³-hybridized carbons (Fsp3) is 0.308. The summed E-state index contributed by atoms with van der Waals surface area (Å²) in [6, 6.07) is 30.4. The molecular weight excluding hydrogens is 376 g/mol. The van der Waals surface area contributed by atoms with Crippen molar-refractivity contribution in [2.45, 2.75) is 36.8 Å². The van der Waals surface area contributed by atoms with E-state index in [1.54, 1.807) is 0 Å². The molecule has 0 saturated heterocycles. The van der Waals surface area contributed by atoms with E-state index in [4.69, 9.17) is 4.74 Å². The Morgan fingerprint density at radius 2 is 1.10 bits per heavy atom. The molecule has 4 rings (SSSR count). The Morgan fingerprint density at radius 3 is 1.47 bits per heavy atom. The number of aliphatic hydroxyl groups is 3. The third-order valence-corrected chi connectivity index (χ3v) is 6.12. The fourth-order valence-corrected chi connectivity index (χ4v) is 4.52. The molecule has 156 valence electrons. The molecule has 30 heavy (non-hydrogen) atoms. The van der Waals surface area contributed by atoms with E-state index in [1.165, 1.54) is 0 Å². The predicted octanol–water partition coefficient (Wildman–Crippen LogP) is 3.49. The summed E-state index contributed by atoms with van der Waals surface area (Å²) in [5, 5.41) is 30.0. The Labute approximate surface area is 177 Å². The molecule has 3 aromatic carbocycles. The number of rotatable bonds is 7. The van der Waals surface area contributed by atoms with Gasteiger partial charge in [-0.05, 0) is 35.4 Å². The first kappa shape index (κ1) is 20.8. The van der Waals surface area contributed by atoms with Crippen LogP contribution in [0.5, 0.6) is 0 Å². The van der Waals surface area contributed by atoms with Crippen molar-refractivity contribution in [3.63, 3.8) is 0 Å². The molecule has 1 aliphatic rings. The molecule has 0 bridgehead atoms. The maximum atomic E-state index is 10.2. The topological polar surface area (TPSA) is 69.9 Å². The summed E-state index contributed by atoms with van der Waals surface area (Å²) >= 11 is 0. The molecule has 0 aromatic heterocycles. The van der Waals surface area contributed by atoms with Crippen molar-refractivity contribution < 1.29 is 20.1 Å². The van der Waals surface area contributed by atoms with Gasteiger partial charge in [0.15, 0.2) is 0 Å². The van der Waals surface area contributed by atoms with Gasteiger partial charge in [0, 0.05) is 6.61 Å². The van der Waals surface area contributed by atoms with Crippen LogP contribution >= 0.6 is 0 Å². The van der Waals surface area contributed by atoms with Gasteiger partial charge in [0.1, 0.15) is 11.7 Å². The van der Waals surface area contributed by atoms with Gasteiger partial charge in [0.05, 0.1) is 12.2 Å². The summed E-state index contributed by atoms with van der Waals surface area (Å²) in [5.41, 5.74) is 2.27. The van der Waals surface area contributed by atoms with Crippen LogP contribution < -0.4 is 0 Å². The number of aliphatic hydroxyl groups excluding tert-OH is 3. The molecule has 0 unspecified atom stereocenters. The van der Waals surface area contributed by atoms with Crippen LogP contribution in [0.4, 0.5) is 0 Å². The molecule has 1 fully saturated rings. The Hall–Kier alpha value is -2.50. The lowest BCUT2D eigenvalue weighted by Gasteiger charge is -2.36. The lowest BCUT2D eigenvalue weighted by atomic mass is 9.80. The van der Waals surface area contributed by atoms with E-state index in [1.807, 2.05) is 54.6 Å². The van der Waals surface area contributed by atoms with Gasteiger partial charge in [-0.3, -0.25) is 0 Å². The summed E-state index contributed by atoms with van der Waals surface area (Å²) < 4.78 is 6.69. The van der Waals surface area contributed by atoms with E-state index in [2.05, 4.69) is 36.4 Å². The van der Waals surface area contributed by atoms with Crippen LogP contribution in [0.1, 0.15) is 29.5 Å². The molecule has 1 saturated carbocycles. The van der Waals surface area contributed by atoms with E-state index < -0.39 is 23.9 Å². The van der Waals surface area contributed by atoms with Crippen LogP contribution in [0.3, 0.4) is 0 Å². The van der Waals surface area contributed by atoms with Crippen LogP contribution in [-0.2, 0) is 10.3 Å². The zero-order chi connectivity index (χ0) is 21.0. The second kappa shape index (κ2) is 9.11. The first-order valence-corrected chi connectivity index (χ1v) is 10.5. The van der Waals surface area contributed by atoms with Gasteiger partial charge in [0.2, 0.25) is 0 Å². The quantitative estimate of drug-likeness (QED) is 0.527. The molecule has 0 amide bonds. The monoisotopic (exact) mass is 404 g/mol. The molecule has 4 heteroatoms. The van der Waals surface area contributed by atoms with E-state index in [0.717, 1.165) is 16.7 Å². The molecule has 4 atom stereocenters. The molecule has 0 aliphatic heterocycles. The minimum Gasteiger partial charge on any atom is -0.390 e. The average molecular weight is 405 g/mol. The molecule has 3 aromatic rings. The Bertz CT molecular complexity index is 817. The van der Waals surface area contributed by atoms with Crippen molar-refractivity contribution in [1.82, 2.24) is 0 Å². The number of benzene rings is 3. The summed E-state index contributed by atoms with van der Waals surface area (Å²) in [4.78, 5) is 0. The van der Waals surface area contributed by atoms with Crippen molar-refractivity contribution in [2.24, 2.45) is 5.92 Å². The SMILES string of the molecule is O[C@@H]1[C@@H](CCOC(c2ccccc2)(c2ccccc2)c2ccccc2)C[C@@H](O)[C@H]1O. The average Bonchev–Trinajstić information content (AvgIpc) is 3.05. The number of hydrogen-bond donors (Lipinski definition) is 3.